The lowest BCUT2D eigenvalue weighted by molar-refractivity contribution is -0.122. The second-order valence-corrected chi connectivity index (χ2v) is 8.41. The number of nitrogens with zero attached hydrogens (tertiary/aromatic N) is 2. The highest BCUT2D eigenvalue weighted by Crippen LogP contribution is 2.25. The van der Waals surface area contributed by atoms with Crippen LogP contribution in [0.25, 0.3) is 11.0 Å². The number of imidazole rings is 1. The zero-order valence-corrected chi connectivity index (χ0v) is 18.4. The molecule has 0 spiro atoms. The van der Waals surface area contributed by atoms with E-state index >= 15 is 0 Å². The van der Waals surface area contributed by atoms with Gasteiger partial charge in [0.25, 0.3) is 5.91 Å². The first-order valence-corrected chi connectivity index (χ1v) is 10.8. The molecule has 2 atom stereocenters. The highest BCUT2D eigenvalue weighted by Gasteiger charge is 2.29. The molecule has 1 aliphatic rings. The van der Waals surface area contributed by atoms with E-state index in [2.05, 4.69) is 16.0 Å². The molecule has 0 unspecified atom stereocenters. The number of aromatic nitrogens is 2. The predicted octanol–water partition coefficient (Wildman–Crippen LogP) is 2.92. The lowest BCUT2D eigenvalue weighted by Gasteiger charge is -2.23. The van der Waals surface area contributed by atoms with Gasteiger partial charge in [0.15, 0.2) is 0 Å². The predicted molar refractivity (Wildman–Crippen MR) is 122 cm³/mol. The van der Waals surface area contributed by atoms with Crippen molar-refractivity contribution >= 4 is 34.4 Å². The van der Waals surface area contributed by atoms with E-state index in [0.29, 0.717) is 11.3 Å². The van der Waals surface area contributed by atoms with Crippen LogP contribution in [0.4, 0.5) is 5.69 Å². The number of carbonyl (C=O) groups is 3. The van der Waals surface area contributed by atoms with Crippen LogP contribution in [0, 0.1) is 5.92 Å². The number of aryl methyl sites for hydroxylation is 1. The molecule has 0 radical (unpaired) electrons. The monoisotopic (exact) mass is 433 g/mol. The molecule has 2 aromatic carbocycles. The van der Waals surface area contributed by atoms with Gasteiger partial charge in [-0.25, -0.2) is 4.98 Å². The number of rotatable bonds is 6. The van der Waals surface area contributed by atoms with Gasteiger partial charge in [0.1, 0.15) is 11.9 Å². The molecule has 0 fully saturated rings. The van der Waals surface area contributed by atoms with Crippen LogP contribution in [0.5, 0.6) is 0 Å². The van der Waals surface area contributed by atoms with Crippen molar-refractivity contribution in [3.8, 4) is 0 Å². The highest BCUT2D eigenvalue weighted by atomic mass is 16.2. The molecule has 0 saturated heterocycles. The van der Waals surface area contributed by atoms with Gasteiger partial charge < -0.3 is 20.5 Å². The summed E-state index contributed by atoms with van der Waals surface area (Å²) in [6.45, 7) is 4.06. The molecular formula is C24H27N5O3. The Kier molecular flexibility index (Phi) is 5.94. The van der Waals surface area contributed by atoms with Gasteiger partial charge in [-0.3, -0.25) is 14.4 Å². The summed E-state index contributed by atoms with van der Waals surface area (Å²) in [6, 6.07) is 13.6. The Bertz CT molecular complexity index is 1180. The second kappa shape index (κ2) is 8.82. The number of fused-ring (bicyclic) bond motifs is 2. The van der Waals surface area contributed by atoms with Gasteiger partial charge in [0.05, 0.1) is 28.3 Å². The van der Waals surface area contributed by atoms with E-state index in [4.69, 9.17) is 4.98 Å². The number of nitrogens with one attached hydrogen (secondary N) is 3. The average molecular weight is 434 g/mol. The average Bonchev–Trinajstić information content (AvgIpc) is 3.04. The standard InChI is InChI=1S/C24H27N5O3/c1-14(2)21(22-25-17-10-6-7-11-19(17)29(22)3)28-20(30)13-12-18-24(32)26-16-9-5-4-8-15(16)23(31)27-18/h4-11,14,18,21H,12-13H2,1-3H3,(H,26,32)(H,27,31)(H,28,30)/t18-,21-/m0/s1. The molecule has 166 valence electrons. The molecule has 1 aliphatic heterocycles. The Morgan fingerprint density at radius 1 is 1.12 bits per heavy atom. The lowest BCUT2D eigenvalue weighted by atomic mass is 10.0. The van der Waals surface area contributed by atoms with Crippen LogP contribution in [0.3, 0.4) is 0 Å². The van der Waals surface area contributed by atoms with E-state index in [9.17, 15) is 14.4 Å². The van der Waals surface area contributed by atoms with Crippen molar-refractivity contribution in [1.82, 2.24) is 20.2 Å². The van der Waals surface area contributed by atoms with Gasteiger partial charge in [-0.1, -0.05) is 38.1 Å². The molecule has 0 saturated carbocycles. The van der Waals surface area contributed by atoms with Gasteiger partial charge in [-0.2, -0.15) is 0 Å². The van der Waals surface area contributed by atoms with Crippen LogP contribution >= 0.6 is 0 Å². The molecule has 4 rings (SSSR count). The molecule has 0 bridgehead atoms. The fourth-order valence-electron chi connectivity index (χ4n) is 4.01. The van der Waals surface area contributed by atoms with Crippen LogP contribution in [0.2, 0.25) is 0 Å². The number of hydrogen-bond donors (Lipinski definition) is 3. The molecule has 1 aromatic heterocycles. The number of carbonyl (C=O) groups excluding carboxylic acids is 3. The van der Waals surface area contributed by atoms with E-state index in [0.717, 1.165) is 16.9 Å². The Balaban J connectivity index is 1.44. The van der Waals surface area contributed by atoms with E-state index < -0.39 is 6.04 Å². The quantitative estimate of drug-likeness (QED) is 0.556. The Labute approximate surface area is 186 Å². The summed E-state index contributed by atoms with van der Waals surface area (Å²) in [6.07, 6.45) is 0.298. The van der Waals surface area contributed by atoms with Gasteiger partial charge >= 0.3 is 0 Å². The number of amides is 3. The minimum absolute atomic E-state index is 0.0991. The maximum Gasteiger partial charge on any atom is 0.254 e. The van der Waals surface area contributed by atoms with Crippen molar-refractivity contribution in [3.63, 3.8) is 0 Å². The van der Waals surface area contributed by atoms with Crippen molar-refractivity contribution in [2.75, 3.05) is 5.32 Å². The first-order valence-electron chi connectivity index (χ1n) is 10.8. The van der Waals surface area contributed by atoms with Crippen LogP contribution in [0.1, 0.15) is 48.9 Å². The van der Waals surface area contributed by atoms with Gasteiger partial charge in [-0.05, 0) is 36.6 Å². The molecule has 3 N–H and O–H groups in total. The Morgan fingerprint density at radius 3 is 2.59 bits per heavy atom. The van der Waals surface area contributed by atoms with E-state index in [-0.39, 0.29) is 42.5 Å². The van der Waals surface area contributed by atoms with Gasteiger partial charge in [0.2, 0.25) is 11.8 Å². The summed E-state index contributed by atoms with van der Waals surface area (Å²) in [5, 5.41) is 8.56. The van der Waals surface area contributed by atoms with Crippen molar-refractivity contribution in [2.45, 2.75) is 38.8 Å². The third-order valence-corrected chi connectivity index (χ3v) is 5.79. The fourth-order valence-corrected chi connectivity index (χ4v) is 4.01. The largest absolute Gasteiger partial charge is 0.346 e. The summed E-state index contributed by atoms with van der Waals surface area (Å²) in [4.78, 5) is 42.5. The summed E-state index contributed by atoms with van der Waals surface area (Å²) in [7, 11) is 1.94. The SMILES string of the molecule is CC(C)[C@H](NC(=O)CC[C@@H]1NC(=O)c2ccccc2NC1=O)c1nc2ccccc2n1C. The molecule has 3 aromatic rings. The minimum atomic E-state index is -0.783. The van der Waals surface area contributed by atoms with E-state index in [1.54, 1.807) is 24.3 Å². The van der Waals surface area contributed by atoms with Gasteiger partial charge in [-0.15, -0.1) is 0 Å². The number of para-hydroxylation sites is 3. The first-order chi connectivity index (χ1) is 15.3. The van der Waals surface area contributed by atoms with Crippen molar-refractivity contribution in [3.05, 3.63) is 59.9 Å². The summed E-state index contributed by atoms with van der Waals surface area (Å²) in [5.41, 5.74) is 2.76. The molecule has 0 aliphatic carbocycles. The Hall–Kier alpha value is -3.68. The third-order valence-electron chi connectivity index (χ3n) is 5.79. The van der Waals surface area contributed by atoms with Crippen LogP contribution in [-0.4, -0.2) is 33.3 Å². The highest BCUT2D eigenvalue weighted by molar-refractivity contribution is 6.09. The van der Waals surface area contributed by atoms with Crippen LogP contribution in [0.15, 0.2) is 48.5 Å². The maximum absolute atomic E-state index is 12.8. The van der Waals surface area contributed by atoms with Crippen molar-refractivity contribution < 1.29 is 14.4 Å². The lowest BCUT2D eigenvalue weighted by Crippen LogP contribution is -2.42. The molecule has 32 heavy (non-hydrogen) atoms. The van der Waals surface area contributed by atoms with E-state index in [1.165, 1.54) is 0 Å². The van der Waals surface area contributed by atoms with Gasteiger partial charge in [0, 0.05) is 13.5 Å². The normalized spacial score (nSPS) is 16.8. The molecular weight excluding hydrogens is 406 g/mol. The summed E-state index contributed by atoms with van der Waals surface area (Å²) >= 11 is 0. The minimum Gasteiger partial charge on any atom is -0.346 e. The number of benzene rings is 2. The smallest absolute Gasteiger partial charge is 0.254 e. The van der Waals surface area contributed by atoms with Crippen molar-refractivity contribution in [2.24, 2.45) is 13.0 Å². The van der Waals surface area contributed by atoms with Crippen molar-refractivity contribution in [1.29, 1.82) is 0 Å². The topological polar surface area (TPSA) is 105 Å². The third kappa shape index (κ3) is 4.21. The number of hydrogen-bond acceptors (Lipinski definition) is 4. The number of anilines is 1. The maximum atomic E-state index is 12.8. The zero-order chi connectivity index (χ0) is 22.8. The zero-order valence-electron chi connectivity index (χ0n) is 18.4. The fraction of sp³-hybridized carbons (Fsp3) is 0.333. The first kappa shape index (κ1) is 21.5. The van der Waals surface area contributed by atoms with E-state index in [1.807, 2.05) is 49.7 Å². The molecule has 8 heteroatoms. The molecule has 8 nitrogen and oxygen atoms in total. The second-order valence-electron chi connectivity index (χ2n) is 8.41. The van der Waals surface area contributed by atoms with Crippen LogP contribution < -0.4 is 16.0 Å². The summed E-state index contributed by atoms with van der Waals surface area (Å²) in [5.74, 6) is 0.0471. The Morgan fingerprint density at radius 2 is 1.84 bits per heavy atom. The van der Waals surface area contributed by atoms with Crippen LogP contribution in [-0.2, 0) is 16.6 Å². The summed E-state index contributed by atoms with van der Waals surface area (Å²) < 4.78 is 2.00. The molecule has 3 amide bonds. The molecule has 2 heterocycles.